The van der Waals surface area contributed by atoms with Crippen LogP contribution >= 0.6 is 46.4 Å². The predicted molar refractivity (Wildman–Crippen MR) is 122 cm³/mol. The van der Waals surface area contributed by atoms with Crippen molar-refractivity contribution in [2.24, 2.45) is 0 Å². The van der Waals surface area contributed by atoms with Crippen LogP contribution in [0, 0.1) is 0 Å². The molecule has 2 aromatic rings. The summed E-state index contributed by atoms with van der Waals surface area (Å²) in [5.41, 5.74) is -0.190. The van der Waals surface area contributed by atoms with Gasteiger partial charge in [0.25, 0.3) is 5.91 Å². The molecule has 1 unspecified atom stereocenters. The lowest BCUT2D eigenvalue weighted by Gasteiger charge is -2.18. The van der Waals surface area contributed by atoms with Gasteiger partial charge in [-0.2, -0.15) is 26.3 Å². The third kappa shape index (κ3) is 8.79. The van der Waals surface area contributed by atoms with E-state index in [4.69, 9.17) is 46.4 Å². The first-order valence-corrected chi connectivity index (χ1v) is 10.9. The molecule has 14 heteroatoms. The van der Waals surface area contributed by atoms with Gasteiger partial charge in [-0.3, -0.25) is 9.59 Å². The van der Waals surface area contributed by atoms with Crippen molar-refractivity contribution in [1.29, 1.82) is 0 Å². The van der Waals surface area contributed by atoms with Gasteiger partial charge < -0.3 is 10.6 Å². The summed E-state index contributed by atoms with van der Waals surface area (Å²) in [6, 6.07) is 5.76. The first-order valence-electron chi connectivity index (χ1n) is 9.39. The van der Waals surface area contributed by atoms with Crippen LogP contribution in [0.1, 0.15) is 27.4 Å². The smallest absolute Gasteiger partial charge is 0.345 e. The Bertz CT molecular complexity index is 1110. The van der Waals surface area contributed by atoms with E-state index in [1.165, 1.54) is 18.2 Å². The minimum atomic E-state index is -4.70. The number of amides is 2. The zero-order valence-electron chi connectivity index (χ0n) is 17.1. The molecule has 0 saturated carbocycles. The largest absolute Gasteiger partial charge is 0.405 e. The molecule has 2 amide bonds. The SMILES string of the molecule is O=C(CNC(=O)c1ccc(/C=C/C(c2cc(Cl)c(Cl)c(Cl)c2)C(F)(F)F)cc1Cl)NCC(F)(F)F. The Morgan fingerprint density at radius 1 is 0.886 bits per heavy atom. The number of benzene rings is 2. The van der Waals surface area contributed by atoms with Crippen molar-refractivity contribution < 1.29 is 35.9 Å². The van der Waals surface area contributed by atoms with Crippen LogP contribution in [0.4, 0.5) is 26.3 Å². The number of rotatable bonds is 7. The van der Waals surface area contributed by atoms with Crippen molar-refractivity contribution in [3.8, 4) is 0 Å². The van der Waals surface area contributed by atoms with Crippen molar-refractivity contribution in [3.63, 3.8) is 0 Å². The summed E-state index contributed by atoms with van der Waals surface area (Å²) in [5.74, 6) is -4.04. The van der Waals surface area contributed by atoms with E-state index in [-0.39, 0.29) is 36.8 Å². The normalized spacial score (nSPS) is 13.1. The van der Waals surface area contributed by atoms with Gasteiger partial charge >= 0.3 is 12.4 Å². The summed E-state index contributed by atoms with van der Waals surface area (Å²) < 4.78 is 77.2. The van der Waals surface area contributed by atoms with Gasteiger partial charge in [-0.15, -0.1) is 0 Å². The highest BCUT2D eigenvalue weighted by Crippen LogP contribution is 2.41. The topological polar surface area (TPSA) is 58.2 Å². The van der Waals surface area contributed by atoms with Crippen LogP contribution in [0.25, 0.3) is 6.08 Å². The Hall–Kier alpha value is -2.14. The number of allylic oxidation sites excluding steroid dienone is 1. The summed E-state index contributed by atoms with van der Waals surface area (Å²) in [6.07, 6.45) is -7.35. The molecule has 190 valence electrons. The quantitative estimate of drug-likeness (QED) is 0.271. The van der Waals surface area contributed by atoms with E-state index in [2.05, 4.69) is 5.32 Å². The molecule has 0 saturated heterocycles. The fourth-order valence-corrected chi connectivity index (χ4v) is 3.60. The minimum absolute atomic E-state index is 0.0829. The second-order valence-electron chi connectivity index (χ2n) is 6.99. The molecule has 4 nitrogen and oxygen atoms in total. The molecule has 2 aromatic carbocycles. The number of alkyl halides is 6. The first kappa shape index (κ1) is 29.1. The summed E-state index contributed by atoms with van der Waals surface area (Å²) in [6.45, 7) is -2.30. The monoisotopic (exact) mass is 580 g/mol. The Labute approximate surface area is 215 Å². The zero-order chi connectivity index (χ0) is 26.6. The number of hydrogen-bond acceptors (Lipinski definition) is 2. The molecule has 0 aliphatic heterocycles. The molecule has 0 aliphatic rings. The minimum Gasteiger partial charge on any atom is -0.345 e. The molecule has 0 aliphatic carbocycles. The number of hydrogen-bond donors (Lipinski definition) is 2. The van der Waals surface area contributed by atoms with Gasteiger partial charge in [0.2, 0.25) is 5.91 Å². The van der Waals surface area contributed by atoms with Crippen LogP contribution in [0.2, 0.25) is 20.1 Å². The van der Waals surface area contributed by atoms with Crippen LogP contribution in [0.3, 0.4) is 0 Å². The lowest BCUT2D eigenvalue weighted by Crippen LogP contribution is -2.40. The summed E-state index contributed by atoms with van der Waals surface area (Å²) in [5, 5.41) is 3.13. The van der Waals surface area contributed by atoms with Gasteiger partial charge in [-0.1, -0.05) is 64.6 Å². The molecule has 1 atom stereocenters. The number of halogens is 10. The maximum atomic E-state index is 13.6. The van der Waals surface area contributed by atoms with E-state index < -0.39 is 43.2 Å². The zero-order valence-corrected chi connectivity index (χ0v) is 20.2. The maximum Gasteiger partial charge on any atom is 0.405 e. The molecule has 2 rings (SSSR count). The Balaban J connectivity index is 2.15. The van der Waals surface area contributed by atoms with E-state index >= 15 is 0 Å². The summed E-state index contributed by atoms with van der Waals surface area (Å²) in [7, 11) is 0. The fourth-order valence-electron chi connectivity index (χ4n) is 2.71. The number of carbonyl (C=O) groups is 2. The fraction of sp³-hybridized carbons (Fsp3) is 0.238. The predicted octanol–water partition coefficient (Wildman–Crippen LogP) is 7.07. The third-order valence-electron chi connectivity index (χ3n) is 4.33. The number of carbonyl (C=O) groups excluding carboxylic acids is 2. The first-order chi connectivity index (χ1) is 16.1. The van der Waals surface area contributed by atoms with Gasteiger partial charge in [-0.25, -0.2) is 0 Å². The maximum absolute atomic E-state index is 13.6. The molecular weight excluding hydrogens is 568 g/mol. The van der Waals surface area contributed by atoms with Crippen molar-refractivity contribution in [2.75, 3.05) is 13.1 Å². The third-order valence-corrected chi connectivity index (χ3v) is 5.84. The van der Waals surface area contributed by atoms with Gasteiger partial charge in [0.1, 0.15) is 6.54 Å². The second-order valence-corrected chi connectivity index (χ2v) is 8.59. The Morgan fingerprint density at radius 3 is 2.00 bits per heavy atom. The van der Waals surface area contributed by atoms with Gasteiger partial charge in [0, 0.05) is 0 Å². The van der Waals surface area contributed by atoms with E-state index in [0.29, 0.717) is 0 Å². The lowest BCUT2D eigenvalue weighted by atomic mass is 9.97. The molecule has 0 fully saturated rings. The summed E-state index contributed by atoms with van der Waals surface area (Å²) in [4.78, 5) is 23.5. The van der Waals surface area contributed by atoms with Crippen molar-refractivity contribution in [3.05, 3.63) is 73.2 Å². The Morgan fingerprint density at radius 2 is 1.49 bits per heavy atom. The highest BCUT2D eigenvalue weighted by molar-refractivity contribution is 6.48. The second kappa shape index (κ2) is 11.7. The summed E-state index contributed by atoms with van der Waals surface area (Å²) >= 11 is 23.5. The van der Waals surface area contributed by atoms with E-state index in [0.717, 1.165) is 24.3 Å². The van der Waals surface area contributed by atoms with Crippen LogP contribution in [0.15, 0.2) is 36.4 Å². The molecule has 0 aromatic heterocycles. The van der Waals surface area contributed by atoms with Crippen molar-refractivity contribution >= 4 is 64.3 Å². The molecular formula is C21H14Cl4F6N2O2. The Kier molecular flexibility index (Phi) is 9.75. The molecule has 0 bridgehead atoms. The van der Waals surface area contributed by atoms with Crippen LogP contribution < -0.4 is 10.6 Å². The molecule has 2 N–H and O–H groups in total. The number of nitrogens with one attached hydrogen (secondary N) is 2. The molecule has 35 heavy (non-hydrogen) atoms. The van der Waals surface area contributed by atoms with Gasteiger partial charge in [-0.05, 0) is 35.4 Å². The average molecular weight is 582 g/mol. The van der Waals surface area contributed by atoms with Gasteiger partial charge in [0.15, 0.2) is 0 Å². The van der Waals surface area contributed by atoms with E-state index in [9.17, 15) is 35.9 Å². The average Bonchev–Trinajstić information content (AvgIpc) is 2.73. The standard InChI is InChI=1S/C21H14Cl4F6N2O2/c22-14-5-10(1-3-12(14)19(35)32-8-17(34)33-9-20(26,27)28)2-4-13(21(29,30)31)11-6-15(23)18(25)16(24)7-11/h1-7,13H,8-9H2,(H,32,35)(H,33,34)/b4-2+. The van der Waals surface area contributed by atoms with E-state index in [1.54, 1.807) is 5.32 Å². The van der Waals surface area contributed by atoms with Crippen LogP contribution in [-0.4, -0.2) is 37.3 Å². The highest BCUT2D eigenvalue weighted by Gasteiger charge is 2.39. The molecule has 0 radical (unpaired) electrons. The van der Waals surface area contributed by atoms with Crippen LogP contribution in [-0.2, 0) is 4.79 Å². The molecule has 0 heterocycles. The van der Waals surface area contributed by atoms with Gasteiger partial charge in [0.05, 0.1) is 38.1 Å². The van der Waals surface area contributed by atoms with Crippen molar-refractivity contribution in [2.45, 2.75) is 18.3 Å². The molecule has 0 spiro atoms. The van der Waals surface area contributed by atoms with Crippen LogP contribution in [0.5, 0.6) is 0 Å². The van der Waals surface area contributed by atoms with Crippen molar-refractivity contribution in [1.82, 2.24) is 10.6 Å². The van der Waals surface area contributed by atoms with E-state index in [1.807, 2.05) is 0 Å². The highest BCUT2D eigenvalue weighted by atomic mass is 35.5. The lowest BCUT2D eigenvalue weighted by molar-refractivity contribution is -0.139.